The SMILES string of the molecule is CCNC(C(C)c1ccncc1)C1CCCCC1(C)C. The van der Waals surface area contributed by atoms with E-state index in [1.807, 2.05) is 12.4 Å². The molecule has 3 atom stereocenters. The monoisotopic (exact) mass is 274 g/mol. The smallest absolute Gasteiger partial charge is 0.0270 e. The van der Waals surface area contributed by atoms with Crippen molar-refractivity contribution in [3.05, 3.63) is 30.1 Å². The minimum absolute atomic E-state index is 0.451. The topological polar surface area (TPSA) is 24.9 Å². The van der Waals surface area contributed by atoms with Gasteiger partial charge in [-0.25, -0.2) is 0 Å². The minimum Gasteiger partial charge on any atom is -0.313 e. The number of aromatic nitrogens is 1. The van der Waals surface area contributed by atoms with Crippen LogP contribution in [0.2, 0.25) is 0 Å². The van der Waals surface area contributed by atoms with Crippen molar-refractivity contribution in [2.75, 3.05) is 6.54 Å². The van der Waals surface area contributed by atoms with E-state index in [9.17, 15) is 0 Å². The lowest BCUT2D eigenvalue weighted by atomic mass is 9.63. The number of pyridine rings is 1. The lowest BCUT2D eigenvalue weighted by Crippen LogP contribution is -2.47. The number of hydrogen-bond acceptors (Lipinski definition) is 2. The van der Waals surface area contributed by atoms with Crippen LogP contribution in [0.25, 0.3) is 0 Å². The van der Waals surface area contributed by atoms with Crippen molar-refractivity contribution in [3.63, 3.8) is 0 Å². The summed E-state index contributed by atoms with van der Waals surface area (Å²) < 4.78 is 0. The first-order chi connectivity index (χ1) is 9.56. The second-order valence-electron chi connectivity index (χ2n) is 6.99. The highest BCUT2D eigenvalue weighted by Crippen LogP contribution is 2.45. The van der Waals surface area contributed by atoms with Crippen LogP contribution in [0.1, 0.15) is 64.9 Å². The second-order valence-corrected chi connectivity index (χ2v) is 6.99. The summed E-state index contributed by atoms with van der Waals surface area (Å²) in [6.07, 6.45) is 9.34. The Bertz CT molecular complexity index is 399. The highest BCUT2D eigenvalue weighted by Gasteiger charge is 2.39. The maximum absolute atomic E-state index is 4.15. The first-order valence-corrected chi connectivity index (χ1v) is 8.19. The van der Waals surface area contributed by atoms with Crippen LogP contribution in [0.3, 0.4) is 0 Å². The number of hydrogen-bond donors (Lipinski definition) is 1. The van der Waals surface area contributed by atoms with Crippen LogP contribution in [-0.2, 0) is 0 Å². The molecule has 0 aromatic carbocycles. The Balaban J connectivity index is 2.21. The molecule has 0 bridgehead atoms. The standard InChI is InChI=1S/C18H30N2/c1-5-20-17(14(2)15-9-12-19-13-10-15)16-8-6-7-11-18(16,3)4/h9-10,12-14,16-17,20H,5-8,11H2,1-4H3. The van der Waals surface area contributed by atoms with E-state index in [1.165, 1.54) is 31.2 Å². The van der Waals surface area contributed by atoms with Gasteiger partial charge in [0, 0.05) is 18.4 Å². The van der Waals surface area contributed by atoms with Crippen molar-refractivity contribution < 1.29 is 0 Å². The molecule has 1 aliphatic carbocycles. The average Bonchev–Trinajstić information content (AvgIpc) is 2.45. The summed E-state index contributed by atoms with van der Waals surface area (Å²) in [5.74, 6) is 1.31. The summed E-state index contributed by atoms with van der Waals surface area (Å²) in [5, 5.41) is 3.79. The van der Waals surface area contributed by atoms with Gasteiger partial charge < -0.3 is 5.32 Å². The third kappa shape index (κ3) is 3.41. The fraction of sp³-hybridized carbons (Fsp3) is 0.722. The van der Waals surface area contributed by atoms with Gasteiger partial charge >= 0.3 is 0 Å². The van der Waals surface area contributed by atoms with Gasteiger partial charge in [-0.1, -0.05) is 40.5 Å². The van der Waals surface area contributed by atoms with Gasteiger partial charge in [0.05, 0.1) is 0 Å². The van der Waals surface area contributed by atoms with E-state index in [0.29, 0.717) is 17.4 Å². The molecule has 1 aliphatic rings. The van der Waals surface area contributed by atoms with Crippen molar-refractivity contribution in [3.8, 4) is 0 Å². The van der Waals surface area contributed by atoms with Gasteiger partial charge in [0.2, 0.25) is 0 Å². The average molecular weight is 274 g/mol. The molecule has 2 rings (SSSR count). The highest BCUT2D eigenvalue weighted by atomic mass is 14.9. The van der Waals surface area contributed by atoms with E-state index < -0.39 is 0 Å². The molecule has 2 heteroatoms. The second kappa shape index (κ2) is 6.71. The summed E-state index contributed by atoms with van der Waals surface area (Å²) in [6.45, 7) is 10.6. The van der Waals surface area contributed by atoms with Crippen LogP contribution >= 0.6 is 0 Å². The van der Waals surface area contributed by atoms with E-state index in [-0.39, 0.29) is 0 Å². The summed E-state index contributed by atoms with van der Waals surface area (Å²) in [6, 6.07) is 4.91. The van der Waals surface area contributed by atoms with Crippen LogP contribution in [0.15, 0.2) is 24.5 Å². The predicted octanol–water partition coefficient (Wildman–Crippen LogP) is 4.38. The lowest BCUT2D eigenvalue weighted by molar-refractivity contribution is 0.0898. The fourth-order valence-corrected chi connectivity index (χ4v) is 3.96. The third-order valence-corrected chi connectivity index (χ3v) is 5.23. The van der Waals surface area contributed by atoms with Crippen LogP contribution in [0.5, 0.6) is 0 Å². The zero-order chi connectivity index (χ0) is 14.6. The van der Waals surface area contributed by atoms with Crippen LogP contribution in [0.4, 0.5) is 0 Å². The van der Waals surface area contributed by atoms with Gasteiger partial charge in [0.1, 0.15) is 0 Å². The van der Waals surface area contributed by atoms with E-state index in [2.05, 4.69) is 50.1 Å². The van der Waals surface area contributed by atoms with Crippen molar-refractivity contribution >= 4 is 0 Å². The van der Waals surface area contributed by atoms with Gasteiger partial charge in [-0.2, -0.15) is 0 Å². The third-order valence-electron chi connectivity index (χ3n) is 5.23. The lowest BCUT2D eigenvalue weighted by Gasteiger charge is -2.45. The largest absolute Gasteiger partial charge is 0.313 e. The van der Waals surface area contributed by atoms with Gasteiger partial charge in [-0.15, -0.1) is 0 Å². The molecule has 0 spiro atoms. The van der Waals surface area contributed by atoms with E-state index in [0.717, 1.165) is 12.5 Å². The zero-order valence-electron chi connectivity index (χ0n) is 13.5. The molecule has 1 aromatic heterocycles. The van der Waals surface area contributed by atoms with Crippen LogP contribution < -0.4 is 5.32 Å². The first kappa shape index (κ1) is 15.5. The molecular formula is C18H30N2. The molecule has 1 saturated carbocycles. The van der Waals surface area contributed by atoms with E-state index >= 15 is 0 Å². The Morgan fingerprint density at radius 1 is 1.30 bits per heavy atom. The van der Waals surface area contributed by atoms with Crippen LogP contribution in [-0.4, -0.2) is 17.6 Å². The number of likely N-dealkylation sites (N-methyl/N-ethyl adjacent to an activating group) is 1. The highest BCUT2D eigenvalue weighted by molar-refractivity contribution is 5.18. The Morgan fingerprint density at radius 2 is 2.00 bits per heavy atom. The Morgan fingerprint density at radius 3 is 2.60 bits per heavy atom. The number of nitrogens with zero attached hydrogens (tertiary/aromatic N) is 1. The maximum atomic E-state index is 4.15. The number of nitrogens with one attached hydrogen (secondary N) is 1. The first-order valence-electron chi connectivity index (χ1n) is 8.19. The zero-order valence-corrected chi connectivity index (χ0v) is 13.5. The van der Waals surface area contributed by atoms with Crippen molar-refractivity contribution in [2.24, 2.45) is 11.3 Å². The molecule has 0 aliphatic heterocycles. The Hall–Kier alpha value is -0.890. The molecule has 20 heavy (non-hydrogen) atoms. The van der Waals surface area contributed by atoms with Crippen molar-refractivity contribution in [2.45, 2.75) is 65.3 Å². The van der Waals surface area contributed by atoms with E-state index in [1.54, 1.807) is 0 Å². The van der Waals surface area contributed by atoms with Crippen LogP contribution in [0, 0.1) is 11.3 Å². The molecule has 1 fully saturated rings. The van der Waals surface area contributed by atoms with Gasteiger partial charge in [-0.3, -0.25) is 4.98 Å². The summed E-state index contributed by atoms with van der Waals surface area (Å²) in [7, 11) is 0. The molecular weight excluding hydrogens is 244 g/mol. The molecule has 0 amide bonds. The molecule has 3 unspecified atom stereocenters. The molecule has 1 heterocycles. The quantitative estimate of drug-likeness (QED) is 0.862. The number of rotatable bonds is 5. The summed E-state index contributed by atoms with van der Waals surface area (Å²) >= 11 is 0. The fourth-order valence-electron chi connectivity index (χ4n) is 3.96. The Labute approximate surface area is 124 Å². The van der Waals surface area contributed by atoms with Gasteiger partial charge in [0.15, 0.2) is 0 Å². The molecule has 0 radical (unpaired) electrons. The Kier molecular flexibility index (Phi) is 5.20. The maximum Gasteiger partial charge on any atom is 0.0270 e. The normalized spacial score (nSPS) is 25.1. The molecule has 1 N–H and O–H groups in total. The molecule has 1 aromatic rings. The van der Waals surface area contributed by atoms with Crippen molar-refractivity contribution in [1.29, 1.82) is 0 Å². The molecule has 0 saturated heterocycles. The predicted molar refractivity (Wildman–Crippen MR) is 85.9 cm³/mol. The van der Waals surface area contributed by atoms with E-state index in [4.69, 9.17) is 0 Å². The van der Waals surface area contributed by atoms with Crippen molar-refractivity contribution in [1.82, 2.24) is 10.3 Å². The van der Waals surface area contributed by atoms with Gasteiger partial charge in [0.25, 0.3) is 0 Å². The molecule has 2 nitrogen and oxygen atoms in total. The minimum atomic E-state index is 0.451. The summed E-state index contributed by atoms with van der Waals surface area (Å²) in [5.41, 5.74) is 1.86. The van der Waals surface area contributed by atoms with Gasteiger partial charge in [-0.05, 0) is 54.3 Å². The molecule has 112 valence electrons. The summed E-state index contributed by atoms with van der Waals surface area (Å²) in [4.78, 5) is 4.15.